The maximum atomic E-state index is 13.5. The summed E-state index contributed by atoms with van der Waals surface area (Å²) in [5, 5.41) is 9.29. The summed E-state index contributed by atoms with van der Waals surface area (Å²) in [5.41, 5.74) is 4.60. The summed E-state index contributed by atoms with van der Waals surface area (Å²) in [4.78, 5) is 38.1. The van der Waals surface area contributed by atoms with Crippen molar-refractivity contribution < 1.29 is 33.3 Å². The van der Waals surface area contributed by atoms with Crippen molar-refractivity contribution in [3.8, 4) is 39.9 Å². The molecule has 0 radical (unpaired) electrons. The summed E-state index contributed by atoms with van der Waals surface area (Å²) in [6, 6.07) is 12.6. The molecule has 3 aromatic carbocycles. The van der Waals surface area contributed by atoms with E-state index in [-0.39, 0.29) is 23.3 Å². The zero-order valence-electron chi connectivity index (χ0n) is 28.7. The minimum absolute atomic E-state index is 0.0144. The van der Waals surface area contributed by atoms with E-state index in [1.54, 1.807) is 47.7 Å². The van der Waals surface area contributed by atoms with Crippen molar-refractivity contribution in [3.05, 3.63) is 69.4 Å². The largest absolute Gasteiger partial charge is 0.493 e. The minimum Gasteiger partial charge on any atom is -0.493 e. The van der Waals surface area contributed by atoms with Crippen LogP contribution in [0.5, 0.6) is 28.7 Å². The van der Waals surface area contributed by atoms with Gasteiger partial charge in [-0.3, -0.25) is 14.4 Å². The lowest BCUT2D eigenvalue weighted by atomic mass is 9.95. The summed E-state index contributed by atoms with van der Waals surface area (Å²) in [7, 11) is 7.91. The molecule has 1 aliphatic rings. The lowest BCUT2D eigenvalue weighted by Crippen LogP contribution is -2.26. The maximum Gasteiger partial charge on any atom is 0.220 e. The Labute approximate surface area is 282 Å². The first-order valence-electron chi connectivity index (χ1n) is 16.2. The SMILES string of the molecule is COc1ccc(CCNC(=O)CCCCCNc2ccc3c(cc2=O)C(NC(C)=O)CCc2cc(OC)c(OC)c(OC)c2-3)cc1OC. The quantitative estimate of drug-likeness (QED) is 0.177. The molecule has 0 spiro atoms. The van der Waals surface area contributed by atoms with Crippen LogP contribution in [0.1, 0.15) is 61.8 Å². The molecule has 11 heteroatoms. The number of amides is 2. The topological polar surface area (TPSA) is 133 Å². The highest BCUT2D eigenvalue weighted by atomic mass is 16.5. The van der Waals surface area contributed by atoms with E-state index < -0.39 is 0 Å². The fourth-order valence-electron chi connectivity index (χ4n) is 6.13. The van der Waals surface area contributed by atoms with Gasteiger partial charge in [0, 0.05) is 32.0 Å². The van der Waals surface area contributed by atoms with E-state index in [9.17, 15) is 14.4 Å². The molecule has 4 rings (SSSR count). The summed E-state index contributed by atoms with van der Waals surface area (Å²) >= 11 is 0. The number of hydrogen-bond acceptors (Lipinski definition) is 9. The number of nitrogens with one attached hydrogen (secondary N) is 3. The molecule has 1 unspecified atom stereocenters. The molecule has 1 atom stereocenters. The van der Waals surface area contributed by atoms with Gasteiger partial charge in [-0.1, -0.05) is 18.6 Å². The highest BCUT2D eigenvalue weighted by Gasteiger charge is 2.29. The zero-order chi connectivity index (χ0) is 34.6. The number of ether oxygens (including phenoxy) is 5. The number of anilines is 1. The summed E-state index contributed by atoms with van der Waals surface area (Å²) in [5.74, 6) is 2.69. The molecule has 0 saturated heterocycles. The lowest BCUT2D eigenvalue weighted by molar-refractivity contribution is -0.121. The van der Waals surface area contributed by atoms with Crippen LogP contribution in [0, 0.1) is 0 Å². The normalized spacial score (nSPS) is 13.2. The smallest absolute Gasteiger partial charge is 0.220 e. The van der Waals surface area contributed by atoms with Gasteiger partial charge in [-0.05, 0) is 84.7 Å². The molecular weight excluding hydrogens is 614 g/mol. The van der Waals surface area contributed by atoms with E-state index in [4.69, 9.17) is 23.7 Å². The third-order valence-electron chi connectivity index (χ3n) is 8.50. The average Bonchev–Trinajstić information content (AvgIpc) is 3.33. The third-order valence-corrected chi connectivity index (χ3v) is 8.50. The van der Waals surface area contributed by atoms with Crippen LogP contribution in [0.2, 0.25) is 0 Å². The molecule has 0 saturated carbocycles. The Morgan fingerprint density at radius 3 is 2.23 bits per heavy atom. The number of carbonyl (C=O) groups excluding carboxylic acids is 2. The van der Waals surface area contributed by atoms with Crippen LogP contribution in [0.15, 0.2) is 47.3 Å². The van der Waals surface area contributed by atoms with E-state index in [1.807, 2.05) is 30.3 Å². The van der Waals surface area contributed by atoms with Gasteiger partial charge in [0.1, 0.15) is 0 Å². The number of rotatable bonds is 16. The summed E-state index contributed by atoms with van der Waals surface area (Å²) < 4.78 is 27.7. The van der Waals surface area contributed by atoms with Gasteiger partial charge in [0.15, 0.2) is 23.0 Å². The monoisotopic (exact) mass is 661 g/mol. The number of benzene rings is 2. The van der Waals surface area contributed by atoms with Crippen LogP contribution in [0.3, 0.4) is 0 Å². The number of unbranched alkanes of at least 4 members (excludes halogenated alkanes) is 2. The Morgan fingerprint density at radius 2 is 1.54 bits per heavy atom. The maximum absolute atomic E-state index is 13.5. The molecule has 0 heterocycles. The predicted molar refractivity (Wildman–Crippen MR) is 186 cm³/mol. The molecule has 258 valence electrons. The summed E-state index contributed by atoms with van der Waals surface area (Å²) in [6.45, 7) is 2.59. The molecule has 3 aromatic rings. The Hall–Kier alpha value is -4.93. The number of methoxy groups -OCH3 is 5. The average molecular weight is 662 g/mol. The van der Waals surface area contributed by atoms with E-state index in [0.717, 1.165) is 41.5 Å². The first kappa shape index (κ1) is 35.9. The van der Waals surface area contributed by atoms with Crippen molar-refractivity contribution in [2.24, 2.45) is 0 Å². The second-order valence-electron chi connectivity index (χ2n) is 11.6. The zero-order valence-corrected chi connectivity index (χ0v) is 28.7. The molecule has 1 aliphatic carbocycles. The second kappa shape index (κ2) is 17.3. The van der Waals surface area contributed by atoms with E-state index in [0.29, 0.717) is 78.8 Å². The molecule has 0 aliphatic heterocycles. The van der Waals surface area contributed by atoms with Gasteiger partial charge in [-0.15, -0.1) is 0 Å². The van der Waals surface area contributed by atoms with Crippen molar-refractivity contribution in [1.82, 2.24) is 10.6 Å². The van der Waals surface area contributed by atoms with Crippen LogP contribution < -0.4 is 45.1 Å². The van der Waals surface area contributed by atoms with Crippen LogP contribution in [-0.2, 0) is 22.4 Å². The van der Waals surface area contributed by atoms with Gasteiger partial charge >= 0.3 is 0 Å². The summed E-state index contributed by atoms with van der Waals surface area (Å²) in [6.07, 6.45) is 4.71. The predicted octanol–water partition coefficient (Wildman–Crippen LogP) is 5.21. The van der Waals surface area contributed by atoms with Gasteiger partial charge in [-0.2, -0.15) is 0 Å². The molecule has 0 aromatic heterocycles. The number of aryl methyl sites for hydroxylation is 1. The van der Waals surface area contributed by atoms with Gasteiger partial charge in [0.05, 0.1) is 47.3 Å². The van der Waals surface area contributed by atoms with Crippen molar-refractivity contribution in [2.75, 3.05) is 54.0 Å². The highest BCUT2D eigenvalue weighted by molar-refractivity contribution is 5.83. The van der Waals surface area contributed by atoms with Crippen LogP contribution in [-0.4, -0.2) is 60.5 Å². The molecular formula is C37H47N3O8. The van der Waals surface area contributed by atoms with Crippen LogP contribution >= 0.6 is 0 Å². The van der Waals surface area contributed by atoms with Gasteiger partial charge in [0.25, 0.3) is 0 Å². The molecule has 3 N–H and O–H groups in total. The first-order valence-corrected chi connectivity index (χ1v) is 16.2. The standard InChI is InChI=1S/C37H47N3O8/c1-23(41)40-28-14-12-25-21-33(46-4)36(47-5)37(48-6)35(25)26-13-15-29(30(42)22-27(26)28)38-18-9-7-8-10-34(43)39-19-17-24-11-16-31(44-2)32(20-24)45-3/h11,13,15-16,20-22,28H,7-10,12,14,17-19H2,1-6H3,(H,38,42)(H,39,43)(H,40,41). The fourth-order valence-corrected chi connectivity index (χ4v) is 6.13. The van der Waals surface area contributed by atoms with Crippen molar-refractivity contribution in [2.45, 2.75) is 57.9 Å². The van der Waals surface area contributed by atoms with Gasteiger partial charge in [0.2, 0.25) is 23.0 Å². The van der Waals surface area contributed by atoms with Gasteiger partial charge < -0.3 is 39.6 Å². The molecule has 48 heavy (non-hydrogen) atoms. The number of carbonyl (C=O) groups is 2. The van der Waals surface area contributed by atoms with Crippen LogP contribution in [0.25, 0.3) is 11.1 Å². The highest BCUT2D eigenvalue weighted by Crippen LogP contribution is 2.50. The molecule has 11 nitrogen and oxygen atoms in total. The van der Waals surface area contributed by atoms with Crippen molar-refractivity contribution >= 4 is 17.5 Å². The van der Waals surface area contributed by atoms with Crippen LogP contribution in [0.4, 0.5) is 5.69 Å². The van der Waals surface area contributed by atoms with E-state index in [2.05, 4.69) is 16.0 Å². The fraction of sp³-hybridized carbons (Fsp3) is 0.432. The third kappa shape index (κ3) is 8.70. The Kier molecular flexibility index (Phi) is 12.9. The van der Waals surface area contributed by atoms with Gasteiger partial charge in [-0.25, -0.2) is 0 Å². The van der Waals surface area contributed by atoms with Crippen molar-refractivity contribution in [3.63, 3.8) is 0 Å². The van der Waals surface area contributed by atoms with E-state index in [1.165, 1.54) is 6.92 Å². The number of hydrogen-bond donors (Lipinski definition) is 3. The van der Waals surface area contributed by atoms with E-state index >= 15 is 0 Å². The molecule has 0 fully saturated rings. The Morgan fingerprint density at radius 1 is 0.792 bits per heavy atom. The minimum atomic E-state index is -0.371. The Balaban J connectivity index is 1.38. The molecule has 2 amide bonds. The molecule has 0 bridgehead atoms. The number of fused-ring (bicyclic) bond motifs is 3. The Bertz CT molecular complexity index is 1660. The first-order chi connectivity index (χ1) is 23.2. The van der Waals surface area contributed by atoms with Crippen molar-refractivity contribution in [1.29, 1.82) is 0 Å². The lowest BCUT2D eigenvalue weighted by Gasteiger charge is -2.19. The second-order valence-corrected chi connectivity index (χ2v) is 11.6.